The van der Waals surface area contributed by atoms with Crippen molar-refractivity contribution in [2.75, 3.05) is 6.73 Å². The minimum atomic E-state index is -2.13. The van der Waals surface area contributed by atoms with E-state index in [2.05, 4.69) is 4.52 Å². The molecule has 1 aromatic rings. The first-order valence-corrected chi connectivity index (χ1v) is 4.45. The van der Waals surface area contributed by atoms with Crippen LogP contribution < -0.4 is 10.3 Å². The lowest BCUT2D eigenvalue weighted by atomic mass is 10.3. The molecule has 0 aliphatic rings. The number of hydrogen-bond donors (Lipinski definition) is 1. The lowest BCUT2D eigenvalue weighted by Crippen LogP contribution is -1.99. The normalized spacial score (nSPS) is 10.9. The second-order valence-corrected chi connectivity index (χ2v) is 2.81. The molecule has 0 bridgehead atoms. The molecule has 0 heterocycles. The predicted molar refractivity (Wildman–Crippen MR) is 44.8 cm³/mol. The van der Waals surface area contributed by atoms with Gasteiger partial charge in [0, 0.05) is 4.57 Å². The number of hydrogen-bond acceptors (Lipinski definition) is 4. The van der Waals surface area contributed by atoms with Crippen molar-refractivity contribution in [1.82, 2.24) is 0 Å². The maximum Gasteiger partial charge on any atom is 0.751 e. The maximum absolute atomic E-state index is 10.8. The van der Waals surface area contributed by atoms with E-state index in [9.17, 15) is 4.57 Å². The van der Waals surface area contributed by atoms with Gasteiger partial charge in [0.2, 0.25) is 0 Å². The Morgan fingerprint density at radius 3 is 2.58 bits per heavy atom. The van der Waals surface area contributed by atoms with E-state index in [1.54, 1.807) is 24.3 Å². The van der Waals surface area contributed by atoms with Gasteiger partial charge in [-0.25, -0.2) is 4.52 Å². The van der Waals surface area contributed by atoms with Gasteiger partial charge in [0.25, 0.3) is 0 Å². The van der Waals surface area contributed by atoms with E-state index < -0.39 is 8.25 Å². The molecule has 0 radical (unpaired) electrons. The molecule has 0 fully saturated rings. The van der Waals surface area contributed by atoms with Gasteiger partial charge in [0.1, 0.15) is 0 Å². The van der Waals surface area contributed by atoms with Crippen LogP contribution in [0.1, 0.15) is 0 Å². The molecule has 0 aromatic heterocycles. The van der Waals surface area contributed by atoms with Crippen molar-refractivity contribution < 1.29 is 13.6 Å². The van der Waals surface area contributed by atoms with Crippen LogP contribution in [0.3, 0.4) is 0 Å². The Balaban J connectivity index is 2.47. The highest BCUT2D eigenvalue weighted by atomic mass is 31.1. The Hall–Kier alpha value is -0.960. The Morgan fingerprint density at radius 2 is 2.00 bits per heavy atom. The summed E-state index contributed by atoms with van der Waals surface area (Å²) >= 11 is 0. The van der Waals surface area contributed by atoms with Gasteiger partial charge in [-0.05, 0) is 12.1 Å². The van der Waals surface area contributed by atoms with Crippen LogP contribution in [0.25, 0.3) is 0 Å². The molecule has 4 nitrogen and oxygen atoms in total. The van der Waals surface area contributed by atoms with Gasteiger partial charge >= 0.3 is 8.25 Å². The minimum absolute atomic E-state index is 0.109. The van der Waals surface area contributed by atoms with Crippen LogP contribution in [-0.4, -0.2) is 6.73 Å². The summed E-state index contributed by atoms with van der Waals surface area (Å²) in [6.07, 6.45) is 0. The summed E-state index contributed by atoms with van der Waals surface area (Å²) in [5.74, 6) is 0.507. The number of nitrogens with two attached hydrogens (primary N) is 1. The zero-order valence-corrected chi connectivity index (χ0v) is 7.24. The molecule has 1 aromatic carbocycles. The number of para-hydroxylation sites is 1. The number of benzene rings is 1. The second-order valence-electron chi connectivity index (χ2n) is 1.92. The highest BCUT2D eigenvalue weighted by Gasteiger charge is 2.20. The summed E-state index contributed by atoms with van der Waals surface area (Å²) < 4.78 is 20.2. The van der Waals surface area contributed by atoms with Crippen molar-refractivity contribution in [2.45, 2.75) is 0 Å². The quantitative estimate of drug-likeness (QED) is 0.573. The van der Waals surface area contributed by atoms with E-state index in [-0.39, 0.29) is 6.73 Å². The Kier molecular flexibility index (Phi) is 3.67. The van der Waals surface area contributed by atoms with Crippen LogP contribution in [0.2, 0.25) is 0 Å². The molecule has 5 heteroatoms. The number of rotatable bonds is 4. The molecule has 12 heavy (non-hydrogen) atoms. The molecule has 1 atom stereocenters. The van der Waals surface area contributed by atoms with Gasteiger partial charge in [-0.3, -0.25) is 0 Å². The van der Waals surface area contributed by atoms with Gasteiger partial charge in [0.15, 0.2) is 12.5 Å². The summed E-state index contributed by atoms with van der Waals surface area (Å²) in [6.45, 7) is -0.109. The molecule has 2 N–H and O–H groups in total. The fourth-order valence-electron chi connectivity index (χ4n) is 0.655. The van der Waals surface area contributed by atoms with Crippen molar-refractivity contribution in [3.63, 3.8) is 0 Å². The lowest BCUT2D eigenvalue weighted by molar-refractivity contribution is 0.295. The summed E-state index contributed by atoms with van der Waals surface area (Å²) in [6, 6.07) is 8.77. The molecular formula is C7H9NO3P+. The first-order valence-electron chi connectivity index (χ1n) is 3.36. The maximum atomic E-state index is 10.8. The largest absolute Gasteiger partial charge is 0.751 e. The van der Waals surface area contributed by atoms with E-state index in [0.29, 0.717) is 5.75 Å². The average Bonchev–Trinajstić information content (AvgIpc) is 2.06. The van der Waals surface area contributed by atoms with Crippen LogP contribution in [-0.2, 0) is 9.09 Å². The van der Waals surface area contributed by atoms with Crippen molar-refractivity contribution in [2.24, 2.45) is 5.73 Å². The van der Waals surface area contributed by atoms with Crippen molar-refractivity contribution in [1.29, 1.82) is 0 Å². The minimum Gasteiger partial charge on any atom is -0.304 e. The monoisotopic (exact) mass is 186 g/mol. The van der Waals surface area contributed by atoms with E-state index in [4.69, 9.17) is 10.3 Å². The summed E-state index contributed by atoms with van der Waals surface area (Å²) in [5, 5.41) is 0. The molecular weight excluding hydrogens is 177 g/mol. The molecule has 64 valence electrons. The molecule has 0 amide bonds. The topological polar surface area (TPSA) is 61.5 Å². The Bertz CT molecular complexity index is 252. The molecule has 1 rings (SSSR count). The molecule has 0 spiro atoms. The highest BCUT2D eigenvalue weighted by Crippen LogP contribution is 2.26. The smallest absolute Gasteiger partial charge is 0.304 e. The molecule has 0 saturated heterocycles. The zero-order chi connectivity index (χ0) is 8.81. The van der Waals surface area contributed by atoms with Crippen LogP contribution in [0.15, 0.2) is 30.3 Å². The molecule has 0 aliphatic heterocycles. The third-order valence-electron chi connectivity index (χ3n) is 1.10. The van der Waals surface area contributed by atoms with Crippen LogP contribution in [0.4, 0.5) is 0 Å². The Morgan fingerprint density at radius 1 is 1.33 bits per heavy atom. The standard InChI is InChI=1S/C7H9NO3P/c8-6-10-12(9)11-7-4-2-1-3-5-7/h1-5H,6,8H2/q+1. The van der Waals surface area contributed by atoms with Gasteiger partial charge < -0.3 is 5.73 Å². The SMILES string of the molecule is NCO[P+](=O)Oc1ccccc1. The van der Waals surface area contributed by atoms with Gasteiger partial charge in [-0.2, -0.15) is 0 Å². The molecule has 0 aliphatic carbocycles. The molecule has 1 unspecified atom stereocenters. The van der Waals surface area contributed by atoms with Crippen molar-refractivity contribution in [3.05, 3.63) is 30.3 Å². The third kappa shape index (κ3) is 2.96. The lowest BCUT2D eigenvalue weighted by Gasteiger charge is -1.89. The second kappa shape index (κ2) is 4.83. The highest BCUT2D eigenvalue weighted by molar-refractivity contribution is 7.33. The zero-order valence-electron chi connectivity index (χ0n) is 6.34. The van der Waals surface area contributed by atoms with Crippen LogP contribution >= 0.6 is 8.25 Å². The van der Waals surface area contributed by atoms with E-state index in [1.165, 1.54) is 0 Å². The van der Waals surface area contributed by atoms with Gasteiger partial charge in [-0.1, -0.05) is 22.7 Å². The average molecular weight is 186 g/mol. The predicted octanol–water partition coefficient (Wildman–Crippen LogP) is 1.66. The van der Waals surface area contributed by atoms with E-state index in [0.717, 1.165) is 0 Å². The summed E-state index contributed by atoms with van der Waals surface area (Å²) in [7, 11) is -2.13. The van der Waals surface area contributed by atoms with Gasteiger partial charge in [0.05, 0.1) is 0 Å². The fraction of sp³-hybridized carbons (Fsp3) is 0.143. The van der Waals surface area contributed by atoms with E-state index >= 15 is 0 Å². The third-order valence-corrected chi connectivity index (χ3v) is 1.82. The van der Waals surface area contributed by atoms with Crippen LogP contribution in [0.5, 0.6) is 5.75 Å². The Labute approximate surface area is 71.2 Å². The van der Waals surface area contributed by atoms with Crippen LogP contribution in [0, 0.1) is 0 Å². The summed E-state index contributed by atoms with van der Waals surface area (Å²) in [4.78, 5) is 0. The van der Waals surface area contributed by atoms with Crippen molar-refractivity contribution in [3.8, 4) is 5.75 Å². The van der Waals surface area contributed by atoms with Crippen molar-refractivity contribution >= 4 is 8.25 Å². The van der Waals surface area contributed by atoms with Gasteiger partial charge in [-0.15, -0.1) is 0 Å². The summed E-state index contributed by atoms with van der Waals surface area (Å²) in [5.41, 5.74) is 5.00. The first-order chi connectivity index (χ1) is 5.83. The fourth-order valence-corrected chi connectivity index (χ4v) is 1.12. The molecule has 0 saturated carbocycles. The van der Waals surface area contributed by atoms with E-state index in [1.807, 2.05) is 6.07 Å². The first kappa shape index (κ1) is 9.13.